The third kappa shape index (κ3) is 9.66. The van der Waals surface area contributed by atoms with Crippen molar-refractivity contribution < 1.29 is 52.2 Å². The molecular weight excluding hydrogens is 781 g/mol. The molecule has 60 heavy (non-hydrogen) atoms. The predicted molar refractivity (Wildman–Crippen MR) is 229 cm³/mol. The predicted octanol–water partition coefficient (Wildman–Crippen LogP) is 8.69. The number of hydrogen-bond donors (Lipinski definition) is 1. The lowest BCUT2D eigenvalue weighted by Gasteiger charge is -2.50. The lowest BCUT2D eigenvalue weighted by molar-refractivity contribution is -0.343. The van der Waals surface area contributed by atoms with Crippen molar-refractivity contribution in [2.45, 2.75) is 160 Å². The van der Waals surface area contributed by atoms with Crippen molar-refractivity contribution in [2.24, 2.45) is 11.8 Å². The quantitative estimate of drug-likeness (QED) is 0.132. The molecule has 11 nitrogen and oxygen atoms in total. The van der Waals surface area contributed by atoms with Crippen LogP contribution in [0.1, 0.15) is 85.3 Å². The van der Waals surface area contributed by atoms with Gasteiger partial charge < -0.3 is 52.2 Å². The minimum Gasteiger partial charge on any atom is -0.391 e. The second kappa shape index (κ2) is 19.9. The molecule has 4 fully saturated rings. The van der Waals surface area contributed by atoms with E-state index in [1.165, 1.54) is 0 Å². The average molecular weight is 849 g/mol. The number of ether oxygens (including phenoxy) is 9. The molecule has 4 unspecified atom stereocenters. The molecule has 0 radical (unpaired) electrons. The van der Waals surface area contributed by atoms with Gasteiger partial charge in [-0.1, -0.05) is 146 Å². The Morgan fingerprint density at radius 2 is 1.27 bits per heavy atom. The van der Waals surface area contributed by atoms with Gasteiger partial charge >= 0.3 is 0 Å². The van der Waals surface area contributed by atoms with Crippen LogP contribution < -0.4 is 0 Å². The minimum atomic E-state index is -2.31. The van der Waals surface area contributed by atoms with Gasteiger partial charge in [0.05, 0.1) is 51.3 Å². The number of fused-ring (bicyclic) bond motifs is 1. The highest BCUT2D eigenvalue weighted by atomic mass is 28.4. The lowest BCUT2D eigenvalue weighted by atomic mass is 9.92. The van der Waals surface area contributed by atoms with E-state index in [0.29, 0.717) is 36.4 Å². The first-order valence-corrected chi connectivity index (χ1v) is 24.2. The van der Waals surface area contributed by atoms with E-state index >= 15 is 0 Å². The van der Waals surface area contributed by atoms with Crippen LogP contribution in [0.25, 0.3) is 0 Å². The van der Waals surface area contributed by atoms with Gasteiger partial charge in [0.1, 0.15) is 23.9 Å². The molecule has 3 aromatic rings. The zero-order valence-corrected chi connectivity index (χ0v) is 37.9. The lowest BCUT2D eigenvalue weighted by Crippen LogP contribution is -2.62. The Morgan fingerprint density at radius 3 is 1.88 bits per heavy atom. The molecule has 1 N–H and O–H groups in total. The molecule has 4 saturated heterocycles. The van der Waals surface area contributed by atoms with Crippen LogP contribution in [0.2, 0.25) is 16.6 Å². The summed E-state index contributed by atoms with van der Waals surface area (Å²) in [6, 6.07) is 30.0. The Kier molecular flexibility index (Phi) is 15.1. The topological polar surface area (TPSA) is 113 Å². The molecule has 0 aromatic heterocycles. The Balaban J connectivity index is 1.11. The first-order chi connectivity index (χ1) is 28.8. The molecule has 0 spiro atoms. The van der Waals surface area contributed by atoms with Crippen molar-refractivity contribution in [3.8, 4) is 0 Å². The molecule has 3 aromatic carbocycles. The molecule has 4 aliphatic rings. The number of hydrogen-bond acceptors (Lipinski definition) is 11. The fourth-order valence-corrected chi connectivity index (χ4v) is 15.3. The maximum absolute atomic E-state index is 12.0. The number of aliphatic hydroxyl groups is 1. The molecular formula is C48H68O11Si. The number of aliphatic hydroxyl groups excluding tert-OH is 1. The fraction of sp³-hybridized carbons (Fsp3) is 0.625. The second-order valence-corrected chi connectivity index (χ2v) is 23.7. The van der Waals surface area contributed by atoms with Crippen LogP contribution in [0.4, 0.5) is 0 Å². The van der Waals surface area contributed by atoms with E-state index in [2.05, 4.69) is 48.5 Å². The van der Waals surface area contributed by atoms with Gasteiger partial charge in [0.15, 0.2) is 25.2 Å². The van der Waals surface area contributed by atoms with Crippen molar-refractivity contribution >= 4 is 8.32 Å². The molecule has 12 heteroatoms. The van der Waals surface area contributed by atoms with Crippen molar-refractivity contribution in [1.82, 2.24) is 0 Å². The van der Waals surface area contributed by atoms with E-state index in [1.54, 1.807) is 0 Å². The maximum atomic E-state index is 12.0. The second-order valence-electron chi connectivity index (χ2n) is 18.3. The Bertz CT molecular complexity index is 1730. The zero-order valence-electron chi connectivity index (χ0n) is 36.9. The van der Waals surface area contributed by atoms with Gasteiger partial charge in [0.25, 0.3) is 0 Å². The molecule has 4 heterocycles. The van der Waals surface area contributed by atoms with Crippen LogP contribution >= 0.6 is 0 Å². The first-order valence-electron chi connectivity index (χ1n) is 22.0. The van der Waals surface area contributed by atoms with Crippen LogP contribution in [0.15, 0.2) is 91.0 Å². The Labute approximate surface area is 358 Å². The summed E-state index contributed by atoms with van der Waals surface area (Å²) in [4.78, 5) is 0. The van der Waals surface area contributed by atoms with E-state index in [-0.39, 0.29) is 25.0 Å². The summed E-state index contributed by atoms with van der Waals surface area (Å²) in [5.74, 6) is -0.470. The molecule has 4 aliphatic heterocycles. The van der Waals surface area contributed by atoms with Crippen molar-refractivity contribution in [3.63, 3.8) is 0 Å². The third-order valence-electron chi connectivity index (χ3n) is 13.1. The van der Waals surface area contributed by atoms with Crippen molar-refractivity contribution in [1.29, 1.82) is 0 Å². The molecule has 7 rings (SSSR count). The van der Waals surface area contributed by atoms with Crippen LogP contribution in [0.5, 0.6) is 0 Å². The van der Waals surface area contributed by atoms with Crippen LogP contribution in [0.3, 0.4) is 0 Å². The van der Waals surface area contributed by atoms with Crippen molar-refractivity contribution in [2.75, 3.05) is 19.8 Å². The summed E-state index contributed by atoms with van der Waals surface area (Å²) < 4.78 is 66.9. The van der Waals surface area contributed by atoms with Gasteiger partial charge in [-0.25, -0.2) is 0 Å². The zero-order chi connectivity index (χ0) is 42.6. The van der Waals surface area contributed by atoms with Gasteiger partial charge in [-0.15, -0.1) is 0 Å². The van der Waals surface area contributed by atoms with Crippen LogP contribution in [0, 0.1) is 11.8 Å². The maximum Gasteiger partial charge on any atom is 0.203 e. The molecule has 330 valence electrons. The fourth-order valence-electron chi connectivity index (χ4n) is 9.82. The van der Waals surface area contributed by atoms with Gasteiger partial charge in [-0.05, 0) is 34.7 Å². The van der Waals surface area contributed by atoms with E-state index in [9.17, 15) is 5.11 Å². The summed E-state index contributed by atoms with van der Waals surface area (Å²) in [5.41, 5.74) is 3.15. The summed E-state index contributed by atoms with van der Waals surface area (Å²) in [5, 5.41) is 12.0. The van der Waals surface area contributed by atoms with E-state index in [1.807, 2.05) is 105 Å². The third-order valence-corrected chi connectivity index (χ3v) is 19.1. The molecule has 13 atom stereocenters. The SMILES string of the molecule is CC1O[C@H](O[Si](C(C)C)(C(C)C)C(C)C)[C@@H](C)C(O)[C@@H]1O[C@H]1OC[C@@H](C)C(O[C@H]2OC[C@]3(COCc4ccccc4)O[C@@H](c4ccccc4)OC23)[C@H]1OCc1ccccc1. The largest absolute Gasteiger partial charge is 0.391 e. The Morgan fingerprint density at radius 1 is 0.683 bits per heavy atom. The summed E-state index contributed by atoms with van der Waals surface area (Å²) in [7, 11) is -2.31. The van der Waals surface area contributed by atoms with Gasteiger partial charge in [-0.2, -0.15) is 0 Å². The smallest absolute Gasteiger partial charge is 0.203 e. The monoisotopic (exact) mass is 848 g/mol. The Hall–Kier alpha value is -2.56. The normalized spacial score (nSPS) is 34.8. The molecule has 0 bridgehead atoms. The van der Waals surface area contributed by atoms with Gasteiger partial charge in [0, 0.05) is 17.4 Å². The van der Waals surface area contributed by atoms with E-state index in [4.69, 9.17) is 47.1 Å². The summed E-state index contributed by atoms with van der Waals surface area (Å²) >= 11 is 0. The van der Waals surface area contributed by atoms with Crippen LogP contribution in [-0.4, -0.2) is 94.3 Å². The standard InChI is InChI=1S/C48H68O11Si/c1-30(2)60(31(3)4,32(5)6)59-44-34(8)39(49)41(35(9)54-44)56-46-42(51-27-37-21-15-11-16-22-37)40(33(7)25-52-46)55-47-43-48(29-53-47,28-50-26-36-19-13-10-14-20-36)58-45(57-43)38-23-17-12-18-24-38/h10-24,30-35,39-47,49H,25-29H2,1-9H3/t33-,34+,35?,39?,40?,41-,42-,43?,44-,45+,46-,47-,48+/m1/s1. The minimum absolute atomic E-state index is 0.117. The van der Waals surface area contributed by atoms with Gasteiger partial charge in [0.2, 0.25) is 8.32 Å². The van der Waals surface area contributed by atoms with Crippen LogP contribution in [-0.2, 0) is 60.3 Å². The van der Waals surface area contributed by atoms with Gasteiger partial charge in [-0.3, -0.25) is 0 Å². The molecule has 0 amide bonds. The number of benzene rings is 3. The highest BCUT2D eigenvalue weighted by Gasteiger charge is 2.61. The van der Waals surface area contributed by atoms with Crippen molar-refractivity contribution in [3.05, 3.63) is 108 Å². The molecule has 0 saturated carbocycles. The molecule has 0 aliphatic carbocycles. The highest BCUT2D eigenvalue weighted by molar-refractivity contribution is 6.77. The average Bonchev–Trinajstić information content (AvgIpc) is 3.77. The van der Waals surface area contributed by atoms with E-state index in [0.717, 1.165) is 16.7 Å². The number of rotatable bonds is 17. The first kappa shape index (κ1) is 45.5. The van der Waals surface area contributed by atoms with E-state index < -0.39 is 75.7 Å². The highest BCUT2D eigenvalue weighted by Crippen LogP contribution is 2.48. The summed E-state index contributed by atoms with van der Waals surface area (Å²) in [6.45, 7) is 21.0. The summed E-state index contributed by atoms with van der Waals surface area (Å²) in [6.07, 6.45) is -6.84.